The smallest absolute Gasteiger partial charge is 0.410 e. The zero-order chi connectivity index (χ0) is 15.6. The van der Waals surface area contributed by atoms with Crippen LogP contribution in [0.1, 0.15) is 34.6 Å². The van der Waals surface area contributed by atoms with Crippen LogP contribution in [0.25, 0.3) is 0 Å². The third-order valence-electron chi connectivity index (χ3n) is 2.27. The van der Waals surface area contributed by atoms with Crippen LogP contribution >= 0.6 is 0 Å². The Kier molecular flexibility index (Phi) is 8.36. The highest BCUT2D eigenvalue weighted by Gasteiger charge is 2.20. The first-order valence-corrected chi connectivity index (χ1v) is 6.85. The van der Waals surface area contributed by atoms with Crippen molar-refractivity contribution in [1.29, 1.82) is 0 Å². The quantitative estimate of drug-likeness (QED) is 0.601. The van der Waals surface area contributed by atoms with Crippen molar-refractivity contribution in [3.63, 3.8) is 0 Å². The molecule has 0 atom stereocenters. The number of nitrogens with one attached hydrogen (secondary N) is 1. The van der Waals surface area contributed by atoms with Crippen LogP contribution in [0, 0.1) is 0 Å². The number of nitrogens with zero attached hydrogens (tertiary/aromatic N) is 1. The molecule has 0 unspecified atom stereocenters. The molecule has 0 bridgehead atoms. The molecule has 1 N–H and O–H groups in total. The van der Waals surface area contributed by atoms with E-state index in [0.29, 0.717) is 19.6 Å². The van der Waals surface area contributed by atoms with Gasteiger partial charge in [-0.1, -0.05) is 18.2 Å². The normalized spacial score (nSPS) is 11.8. The van der Waals surface area contributed by atoms with Gasteiger partial charge in [-0.2, -0.15) is 0 Å². The molecule has 0 saturated carbocycles. The second-order valence-electron chi connectivity index (χ2n) is 5.24. The zero-order valence-electron chi connectivity index (χ0n) is 13.1. The molecule has 0 rings (SSSR count). The van der Waals surface area contributed by atoms with Gasteiger partial charge in [-0.15, -0.1) is 0 Å². The molecule has 0 saturated heterocycles. The van der Waals surface area contributed by atoms with Crippen molar-refractivity contribution < 1.29 is 14.3 Å². The average molecular weight is 282 g/mol. The maximum Gasteiger partial charge on any atom is 0.410 e. The van der Waals surface area contributed by atoms with Crippen LogP contribution in [0.5, 0.6) is 0 Å². The minimum Gasteiger partial charge on any atom is -0.444 e. The number of likely N-dealkylation sites (N-methyl/N-ethyl adjacent to an activating group) is 1. The van der Waals surface area contributed by atoms with E-state index in [1.165, 1.54) is 6.08 Å². The summed E-state index contributed by atoms with van der Waals surface area (Å²) in [6.45, 7) is 10.6. The average Bonchev–Trinajstić information content (AvgIpc) is 2.32. The van der Waals surface area contributed by atoms with Crippen molar-refractivity contribution in [2.45, 2.75) is 40.2 Å². The molecule has 0 aliphatic carbocycles. The number of carbonyl (C=O) groups is 2. The molecule has 0 aliphatic rings. The zero-order valence-corrected chi connectivity index (χ0v) is 13.1. The lowest BCUT2D eigenvalue weighted by atomic mass is 10.2. The standard InChI is InChI=1S/C15H26N2O3/c1-6-8-9-10-13(18)16-11-12-17(7-2)14(19)20-15(3,4)5/h6,8-10H,7,11-12H2,1-5H3,(H,16,18). The predicted octanol–water partition coefficient (Wildman–Crippen LogP) is 2.49. The van der Waals surface area contributed by atoms with Crippen molar-refractivity contribution in [3.8, 4) is 0 Å². The van der Waals surface area contributed by atoms with Crippen LogP contribution < -0.4 is 5.32 Å². The number of amides is 2. The van der Waals surface area contributed by atoms with Gasteiger partial charge in [0.15, 0.2) is 0 Å². The van der Waals surface area contributed by atoms with Crippen molar-refractivity contribution in [2.24, 2.45) is 0 Å². The number of hydrogen-bond acceptors (Lipinski definition) is 3. The van der Waals surface area contributed by atoms with Gasteiger partial charge in [-0.25, -0.2) is 4.79 Å². The summed E-state index contributed by atoms with van der Waals surface area (Å²) in [4.78, 5) is 24.8. The largest absolute Gasteiger partial charge is 0.444 e. The minimum absolute atomic E-state index is 0.177. The van der Waals surface area contributed by atoms with Gasteiger partial charge >= 0.3 is 6.09 Å². The lowest BCUT2D eigenvalue weighted by Gasteiger charge is -2.26. The summed E-state index contributed by atoms with van der Waals surface area (Å²) in [7, 11) is 0. The first kappa shape index (κ1) is 18.2. The second-order valence-corrected chi connectivity index (χ2v) is 5.24. The van der Waals surface area contributed by atoms with Gasteiger partial charge in [0, 0.05) is 25.7 Å². The molecule has 2 amide bonds. The Morgan fingerprint density at radius 2 is 1.90 bits per heavy atom. The van der Waals surface area contributed by atoms with E-state index in [1.807, 2.05) is 40.7 Å². The summed E-state index contributed by atoms with van der Waals surface area (Å²) in [5.41, 5.74) is -0.511. The third kappa shape index (κ3) is 9.19. The molecule has 0 aromatic carbocycles. The number of ether oxygens (including phenoxy) is 1. The van der Waals surface area contributed by atoms with Gasteiger partial charge in [0.2, 0.25) is 5.91 Å². The number of allylic oxidation sites excluding steroid dienone is 3. The first-order valence-electron chi connectivity index (χ1n) is 6.85. The molecule has 0 radical (unpaired) electrons. The van der Waals surface area contributed by atoms with Crippen molar-refractivity contribution in [2.75, 3.05) is 19.6 Å². The van der Waals surface area contributed by atoms with Crippen LogP contribution in [0.15, 0.2) is 24.3 Å². The monoisotopic (exact) mass is 282 g/mol. The molecular weight excluding hydrogens is 256 g/mol. The van der Waals surface area contributed by atoms with Gasteiger partial charge in [-0.3, -0.25) is 4.79 Å². The summed E-state index contributed by atoms with van der Waals surface area (Å²) in [5.74, 6) is -0.177. The van der Waals surface area contributed by atoms with E-state index in [4.69, 9.17) is 4.74 Å². The van der Waals surface area contributed by atoms with Crippen molar-refractivity contribution in [1.82, 2.24) is 10.2 Å². The SMILES string of the molecule is CC=CC=CC(=O)NCCN(CC)C(=O)OC(C)(C)C. The fraction of sp³-hybridized carbons (Fsp3) is 0.600. The molecule has 5 heteroatoms. The fourth-order valence-corrected chi connectivity index (χ4v) is 1.33. The summed E-state index contributed by atoms with van der Waals surface area (Å²) in [6, 6.07) is 0. The molecule has 0 aromatic rings. The van der Waals surface area contributed by atoms with E-state index in [9.17, 15) is 9.59 Å². The Bertz CT molecular complexity index is 368. The lowest BCUT2D eigenvalue weighted by Crippen LogP contribution is -2.41. The van der Waals surface area contributed by atoms with Gasteiger partial charge in [0.25, 0.3) is 0 Å². The Morgan fingerprint density at radius 1 is 1.25 bits per heavy atom. The van der Waals surface area contributed by atoms with Gasteiger partial charge < -0.3 is 15.0 Å². The lowest BCUT2D eigenvalue weighted by molar-refractivity contribution is -0.116. The van der Waals surface area contributed by atoms with Crippen LogP contribution in [0.2, 0.25) is 0 Å². The summed E-state index contributed by atoms with van der Waals surface area (Å²) in [5, 5.41) is 2.71. The Hall–Kier alpha value is -1.78. The highest BCUT2D eigenvalue weighted by atomic mass is 16.6. The molecular formula is C15H26N2O3. The molecule has 0 heterocycles. The first-order chi connectivity index (χ1) is 9.30. The maximum atomic E-state index is 11.8. The second kappa shape index (κ2) is 9.18. The van der Waals surface area contributed by atoms with Gasteiger partial charge in [0.1, 0.15) is 5.60 Å². The van der Waals surface area contributed by atoms with E-state index in [2.05, 4.69) is 5.32 Å². The molecule has 5 nitrogen and oxygen atoms in total. The summed E-state index contributed by atoms with van der Waals surface area (Å²) >= 11 is 0. The van der Waals surface area contributed by atoms with E-state index in [-0.39, 0.29) is 12.0 Å². The molecule has 20 heavy (non-hydrogen) atoms. The summed E-state index contributed by atoms with van der Waals surface area (Å²) < 4.78 is 5.28. The van der Waals surface area contributed by atoms with Crippen molar-refractivity contribution in [3.05, 3.63) is 24.3 Å². The van der Waals surface area contributed by atoms with Crippen LogP contribution in [-0.4, -0.2) is 42.1 Å². The van der Waals surface area contributed by atoms with E-state index in [0.717, 1.165) is 0 Å². The number of carbonyl (C=O) groups excluding carboxylic acids is 2. The van der Waals surface area contributed by atoms with Gasteiger partial charge in [0.05, 0.1) is 0 Å². The molecule has 0 aliphatic heterocycles. The topological polar surface area (TPSA) is 58.6 Å². The number of rotatable bonds is 6. The Balaban J connectivity index is 4.14. The maximum absolute atomic E-state index is 11.8. The predicted molar refractivity (Wildman–Crippen MR) is 80.4 cm³/mol. The van der Waals surface area contributed by atoms with Gasteiger partial charge in [-0.05, 0) is 34.6 Å². The van der Waals surface area contributed by atoms with Crippen LogP contribution in [0.4, 0.5) is 4.79 Å². The highest BCUT2D eigenvalue weighted by Crippen LogP contribution is 2.09. The molecule has 0 aromatic heterocycles. The number of hydrogen-bond donors (Lipinski definition) is 1. The molecule has 0 spiro atoms. The third-order valence-corrected chi connectivity index (χ3v) is 2.27. The van der Waals surface area contributed by atoms with Crippen molar-refractivity contribution >= 4 is 12.0 Å². The van der Waals surface area contributed by atoms with E-state index >= 15 is 0 Å². The van der Waals surface area contributed by atoms with Crippen LogP contribution in [0.3, 0.4) is 0 Å². The summed E-state index contributed by atoms with van der Waals surface area (Å²) in [6.07, 6.45) is 6.37. The van der Waals surface area contributed by atoms with Crippen LogP contribution in [-0.2, 0) is 9.53 Å². The van der Waals surface area contributed by atoms with E-state index < -0.39 is 5.60 Å². The Labute approximate surface area is 121 Å². The fourth-order valence-electron chi connectivity index (χ4n) is 1.33. The highest BCUT2D eigenvalue weighted by molar-refractivity contribution is 5.87. The minimum atomic E-state index is -0.511. The van der Waals surface area contributed by atoms with E-state index in [1.54, 1.807) is 17.1 Å². The molecule has 114 valence electrons. The molecule has 0 fully saturated rings. The Morgan fingerprint density at radius 3 is 2.40 bits per heavy atom.